The van der Waals surface area contributed by atoms with Crippen LogP contribution in [-0.2, 0) is 6.54 Å². The molecule has 0 saturated carbocycles. The highest BCUT2D eigenvalue weighted by molar-refractivity contribution is 6.04. The molecule has 0 fully saturated rings. The van der Waals surface area contributed by atoms with Gasteiger partial charge in [-0.15, -0.1) is 0 Å². The average molecular weight is 364 g/mol. The highest BCUT2D eigenvalue weighted by Crippen LogP contribution is 2.22. The lowest BCUT2D eigenvalue weighted by Gasteiger charge is -2.17. The Morgan fingerprint density at radius 3 is 2.78 bits per heavy atom. The predicted octanol–water partition coefficient (Wildman–Crippen LogP) is 2.85. The maximum atomic E-state index is 14.0. The predicted molar refractivity (Wildman–Crippen MR) is 104 cm³/mol. The van der Waals surface area contributed by atoms with Crippen LogP contribution in [0.15, 0.2) is 60.3 Å². The number of nitrogen functional groups attached to an aromatic ring is 1. The molecule has 136 valence electrons. The number of nitrogens with two attached hydrogens (primary N) is 1. The van der Waals surface area contributed by atoms with Crippen LogP contribution in [0.2, 0.25) is 0 Å². The molecule has 1 aromatic heterocycles. The van der Waals surface area contributed by atoms with Crippen LogP contribution in [0, 0.1) is 5.82 Å². The topological polar surface area (TPSA) is 96.5 Å². The second-order valence-electron chi connectivity index (χ2n) is 5.55. The number of aromatic nitrogens is 2. The summed E-state index contributed by atoms with van der Waals surface area (Å²) in [5, 5.41) is 8.41. The zero-order chi connectivity index (χ0) is 19.4. The summed E-state index contributed by atoms with van der Waals surface area (Å²) in [5.74, 6) is -1.24. The van der Waals surface area contributed by atoms with E-state index in [4.69, 9.17) is 5.73 Å². The molecule has 0 aliphatic rings. The third kappa shape index (κ3) is 3.59. The summed E-state index contributed by atoms with van der Waals surface area (Å²) < 4.78 is 14.0. The van der Waals surface area contributed by atoms with Crippen molar-refractivity contribution in [1.29, 1.82) is 0 Å². The number of hydrogen-bond acceptors (Lipinski definition) is 6. The molecule has 0 radical (unpaired) electrons. The Labute approximate surface area is 155 Å². The zero-order valence-corrected chi connectivity index (χ0v) is 14.4. The number of halogens is 1. The molecule has 3 aromatic rings. The van der Waals surface area contributed by atoms with Crippen molar-refractivity contribution >= 4 is 35.2 Å². The van der Waals surface area contributed by atoms with E-state index < -0.39 is 11.7 Å². The first-order valence-electron chi connectivity index (χ1n) is 8.01. The maximum Gasteiger partial charge on any atom is 0.271 e. The molecule has 8 heteroatoms. The molecule has 0 aliphatic carbocycles. The monoisotopic (exact) mass is 364 g/mol. The summed E-state index contributed by atoms with van der Waals surface area (Å²) in [7, 11) is 0. The fourth-order valence-corrected chi connectivity index (χ4v) is 2.68. The molecule has 3 rings (SSSR count). The number of carbonyl (C=O) groups is 1. The second kappa shape index (κ2) is 7.61. The summed E-state index contributed by atoms with van der Waals surface area (Å²) in [6.07, 6.45) is 1.51. The number of fused-ring (bicyclic) bond motifs is 1. The van der Waals surface area contributed by atoms with Crippen LogP contribution in [0.25, 0.3) is 10.9 Å². The van der Waals surface area contributed by atoms with Gasteiger partial charge in [0, 0.05) is 24.8 Å². The second-order valence-corrected chi connectivity index (χ2v) is 5.55. The van der Waals surface area contributed by atoms with Crippen LogP contribution in [0.4, 0.5) is 16.0 Å². The van der Waals surface area contributed by atoms with E-state index in [0.717, 1.165) is 11.3 Å². The number of amides is 1. The molecular formula is C19H17FN6O. The van der Waals surface area contributed by atoms with Gasteiger partial charge in [0.25, 0.3) is 5.91 Å². The third-order valence-corrected chi connectivity index (χ3v) is 3.91. The van der Waals surface area contributed by atoms with Gasteiger partial charge < -0.3 is 11.1 Å². The van der Waals surface area contributed by atoms with Crippen molar-refractivity contribution in [3.8, 4) is 0 Å². The van der Waals surface area contributed by atoms with Crippen molar-refractivity contribution in [2.45, 2.75) is 6.54 Å². The minimum atomic E-state index is -0.570. The van der Waals surface area contributed by atoms with Gasteiger partial charge in [-0.2, -0.15) is 5.10 Å². The van der Waals surface area contributed by atoms with Crippen molar-refractivity contribution in [1.82, 2.24) is 15.3 Å². The Hall–Kier alpha value is -3.81. The summed E-state index contributed by atoms with van der Waals surface area (Å²) in [6, 6.07) is 11.6. The standard InChI is InChI=1S/C19H17FN6O/c1-3-26(22-2)15-10-5-4-7-12(15)11-23-18(27)17-13-8-6-9-14(20)16(13)24-19(21)25-17/h3-10H,1-2,11H2,(H,23,27)(H2,21,24,25). The first-order chi connectivity index (χ1) is 13.0. The number of hydrogen-bond donors (Lipinski definition) is 2. The Kier molecular flexibility index (Phi) is 5.07. The molecule has 1 amide bonds. The highest BCUT2D eigenvalue weighted by Gasteiger charge is 2.17. The first kappa shape index (κ1) is 18.0. The quantitative estimate of drug-likeness (QED) is 0.518. The Bertz CT molecular complexity index is 1030. The van der Waals surface area contributed by atoms with Crippen LogP contribution in [-0.4, -0.2) is 22.6 Å². The smallest absolute Gasteiger partial charge is 0.271 e. The molecule has 7 nitrogen and oxygen atoms in total. The van der Waals surface area contributed by atoms with Crippen molar-refractivity contribution in [2.75, 3.05) is 10.7 Å². The Morgan fingerprint density at radius 1 is 1.26 bits per heavy atom. The van der Waals surface area contributed by atoms with Gasteiger partial charge in [-0.1, -0.05) is 36.9 Å². The van der Waals surface area contributed by atoms with Gasteiger partial charge in [-0.25, -0.2) is 19.4 Å². The molecule has 27 heavy (non-hydrogen) atoms. The summed E-state index contributed by atoms with van der Waals surface area (Å²) >= 11 is 0. The summed E-state index contributed by atoms with van der Waals surface area (Å²) in [4.78, 5) is 20.5. The van der Waals surface area contributed by atoms with Crippen LogP contribution in [0.3, 0.4) is 0 Å². The number of nitrogens with zero attached hydrogens (tertiary/aromatic N) is 4. The van der Waals surface area contributed by atoms with Crippen LogP contribution >= 0.6 is 0 Å². The van der Waals surface area contributed by atoms with Gasteiger partial charge in [0.1, 0.15) is 17.0 Å². The van der Waals surface area contributed by atoms with E-state index in [1.165, 1.54) is 23.3 Å². The number of para-hydroxylation sites is 2. The minimum Gasteiger partial charge on any atom is -0.368 e. The SMILES string of the molecule is C=CN(N=C)c1ccccc1CNC(=O)c1nc(N)nc2c(F)cccc12. The number of anilines is 2. The fourth-order valence-electron chi connectivity index (χ4n) is 2.68. The van der Waals surface area contributed by atoms with Crippen LogP contribution in [0.1, 0.15) is 16.1 Å². The van der Waals surface area contributed by atoms with Crippen LogP contribution < -0.4 is 16.1 Å². The molecule has 2 aromatic carbocycles. The molecule has 1 heterocycles. The van der Waals surface area contributed by atoms with Crippen molar-refractivity contribution in [3.63, 3.8) is 0 Å². The molecule has 0 bridgehead atoms. The maximum absolute atomic E-state index is 14.0. The number of nitrogens with one attached hydrogen (secondary N) is 1. The number of rotatable bonds is 6. The zero-order valence-electron chi connectivity index (χ0n) is 14.4. The number of hydrazone groups is 1. The van der Waals surface area contributed by atoms with E-state index >= 15 is 0 Å². The third-order valence-electron chi connectivity index (χ3n) is 3.91. The van der Waals surface area contributed by atoms with Gasteiger partial charge in [-0.3, -0.25) is 4.79 Å². The van der Waals surface area contributed by atoms with Gasteiger partial charge in [0.15, 0.2) is 0 Å². The summed E-state index contributed by atoms with van der Waals surface area (Å²) in [6.45, 7) is 7.37. The molecule has 0 spiro atoms. The van der Waals surface area contributed by atoms with E-state index in [9.17, 15) is 9.18 Å². The Morgan fingerprint density at radius 2 is 2.04 bits per heavy atom. The van der Waals surface area contributed by atoms with Crippen molar-refractivity contribution < 1.29 is 9.18 Å². The lowest BCUT2D eigenvalue weighted by atomic mass is 10.1. The van der Waals surface area contributed by atoms with E-state index in [-0.39, 0.29) is 29.1 Å². The molecule has 0 aliphatic heterocycles. The normalized spacial score (nSPS) is 10.4. The first-order valence-corrected chi connectivity index (χ1v) is 8.01. The van der Waals surface area contributed by atoms with Gasteiger partial charge in [-0.05, 0) is 17.7 Å². The van der Waals surface area contributed by atoms with E-state index in [0.29, 0.717) is 0 Å². The minimum absolute atomic E-state index is 0.00393. The highest BCUT2D eigenvalue weighted by atomic mass is 19.1. The van der Waals surface area contributed by atoms with E-state index in [1.807, 2.05) is 24.3 Å². The Balaban J connectivity index is 1.90. The van der Waals surface area contributed by atoms with E-state index in [2.05, 4.69) is 33.7 Å². The van der Waals surface area contributed by atoms with E-state index in [1.54, 1.807) is 6.07 Å². The fraction of sp³-hybridized carbons (Fsp3) is 0.0526. The van der Waals surface area contributed by atoms with Gasteiger partial charge in [0.2, 0.25) is 5.95 Å². The van der Waals surface area contributed by atoms with Crippen LogP contribution in [0.5, 0.6) is 0 Å². The molecule has 0 unspecified atom stereocenters. The lowest BCUT2D eigenvalue weighted by molar-refractivity contribution is 0.0948. The van der Waals surface area contributed by atoms with Crippen molar-refractivity contribution in [3.05, 3.63) is 72.3 Å². The average Bonchev–Trinajstić information content (AvgIpc) is 2.68. The molecule has 3 N–H and O–H groups in total. The lowest BCUT2D eigenvalue weighted by Crippen LogP contribution is -2.25. The molecule has 0 atom stereocenters. The van der Waals surface area contributed by atoms with Gasteiger partial charge >= 0.3 is 0 Å². The molecular weight excluding hydrogens is 347 g/mol. The molecule has 0 saturated heterocycles. The summed E-state index contributed by atoms with van der Waals surface area (Å²) in [5.41, 5.74) is 7.16. The largest absolute Gasteiger partial charge is 0.368 e. The van der Waals surface area contributed by atoms with Crippen molar-refractivity contribution in [2.24, 2.45) is 5.10 Å². The number of benzene rings is 2. The number of carbonyl (C=O) groups excluding carboxylic acids is 1. The van der Waals surface area contributed by atoms with Gasteiger partial charge in [0.05, 0.1) is 5.69 Å².